The van der Waals surface area contributed by atoms with Crippen molar-refractivity contribution >= 4 is 22.6 Å². The Kier molecular flexibility index (Phi) is 7.62. The van der Waals surface area contributed by atoms with E-state index in [4.69, 9.17) is 9.97 Å². The predicted molar refractivity (Wildman–Crippen MR) is 143 cm³/mol. The first-order valence-electron chi connectivity index (χ1n) is 12.0. The van der Waals surface area contributed by atoms with Crippen LogP contribution in [0.1, 0.15) is 48.1 Å². The fourth-order valence-electron chi connectivity index (χ4n) is 3.79. The van der Waals surface area contributed by atoms with Gasteiger partial charge in [0, 0.05) is 29.6 Å². The van der Waals surface area contributed by atoms with Gasteiger partial charge < -0.3 is 15.3 Å². The van der Waals surface area contributed by atoms with Gasteiger partial charge >= 0.3 is 0 Å². The van der Waals surface area contributed by atoms with Gasteiger partial charge in [-0.15, -0.1) is 0 Å². The van der Waals surface area contributed by atoms with Gasteiger partial charge in [-0.1, -0.05) is 60.4 Å². The summed E-state index contributed by atoms with van der Waals surface area (Å²) in [6, 6.07) is 25.2. The van der Waals surface area contributed by atoms with Crippen LogP contribution in [0.3, 0.4) is 0 Å². The van der Waals surface area contributed by atoms with Crippen LogP contribution in [0.5, 0.6) is 0 Å². The van der Waals surface area contributed by atoms with Gasteiger partial charge in [0.1, 0.15) is 11.4 Å². The number of benzene rings is 3. The molecule has 4 aromatic rings. The molecule has 6 heteroatoms. The van der Waals surface area contributed by atoms with Crippen molar-refractivity contribution in [1.82, 2.24) is 15.3 Å². The van der Waals surface area contributed by atoms with Crippen LogP contribution >= 0.6 is 0 Å². The molecule has 36 heavy (non-hydrogen) atoms. The third-order valence-electron chi connectivity index (χ3n) is 5.57. The first-order valence-corrected chi connectivity index (χ1v) is 12.0. The highest BCUT2D eigenvalue weighted by Gasteiger charge is 2.15. The zero-order valence-corrected chi connectivity index (χ0v) is 20.8. The van der Waals surface area contributed by atoms with Gasteiger partial charge in [0.25, 0.3) is 5.91 Å². The number of amides is 1. The summed E-state index contributed by atoms with van der Waals surface area (Å²) in [5.41, 5.74) is 2.08. The van der Waals surface area contributed by atoms with Crippen LogP contribution in [-0.4, -0.2) is 33.1 Å². The van der Waals surface area contributed by atoms with Gasteiger partial charge in [0.15, 0.2) is 5.82 Å². The van der Waals surface area contributed by atoms with E-state index >= 15 is 0 Å². The molecule has 1 heterocycles. The number of hydrogen-bond donors (Lipinski definition) is 2. The second-order valence-corrected chi connectivity index (χ2v) is 9.05. The maximum absolute atomic E-state index is 12.9. The second kappa shape index (κ2) is 11.0. The topological polar surface area (TPSA) is 78.4 Å². The average molecular weight is 479 g/mol. The van der Waals surface area contributed by atoms with Gasteiger partial charge in [-0.3, -0.25) is 4.79 Å². The van der Waals surface area contributed by atoms with Crippen molar-refractivity contribution in [3.8, 4) is 11.8 Å². The molecule has 0 saturated carbocycles. The molecule has 0 atom stereocenters. The quantitative estimate of drug-likeness (QED) is 0.376. The minimum absolute atomic E-state index is 0.194. The predicted octanol–water partition coefficient (Wildman–Crippen LogP) is 4.71. The van der Waals surface area contributed by atoms with Crippen molar-refractivity contribution in [2.24, 2.45) is 0 Å². The van der Waals surface area contributed by atoms with E-state index in [1.807, 2.05) is 42.5 Å². The van der Waals surface area contributed by atoms with Gasteiger partial charge in [-0.25, -0.2) is 9.97 Å². The van der Waals surface area contributed by atoms with E-state index in [0.29, 0.717) is 17.0 Å². The summed E-state index contributed by atoms with van der Waals surface area (Å²) in [6.07, 6.45) is 0. The number of fused-ring (bicyclic) bond motifs is 1. The second-order valence-electron chi connectivity index (χ2n) is 9.05. The number of carbonyl (C=O) groups excluding carboxylic acids is 1. The normalized spacial score (nSPS) is 11.0. The Bertz CT molecular complexity index is 1420. The molecule has 0 fully saturated rings. The number of nitrogens with zero attached hydrogens (tertiary/aromatic N) is 3. The Morgan fingerprint density at radius 2 is 1.75 bits per heavy atom. The minimum Gasteiger partial charge on any atom is -0.378 e. The molecule has 4 rings (SSSR count). The smallest absolute Gasteiger partial charge is 0.251 e. The fourth-order valence-corrected chi connectivity index (χ4v) is 3.79. The molecule has 2 N–H and O–H groups in total. The summed E-state index contributed by atoms with van der Waals surface area (Å²) in [5, 5.41) is 13.7. The molecule has 0 spiro atoms. The molecular formula is C30H30N4O2. The lowest BCUT2D eigenvalue weighted by Crippen LogP contribution is -2.26. The molecule has 3 aromatic carbocycles. The van der Waals surface area contributed by atoms with Gasteiger partial charge in [-0.05, 0) is 56.7 Å². The Balaban J connectivity index is 1.56. The van der Waals surface area contributed by atoms with Crippen LogP contribution in [0.2, 0.25) is 0 Å². The standard InChI is InChI=1S/C30H30N4O2/c1-4-34(21-23-11-6-5-7-12-23)28-25-15-8-9-16-26(25)32-27(33-28)20-31-29(35)24-14-10-13-22(19-24)17-18-30(2,3)36/h5-16,19,36H,4,20-21H2,1-3H3,(H,31,35). The number of para-hydroxylation sites is 1. The molecule has 0 aliphatic heterocycles. The third-order valence-corrected chi connectivity index (χ3v) is 5.57. The van der Waals surface area contributed by atoms with Gasteiger partial charge in [0.2, 0.25) is 0 Å². The zero-order valence-electron chi connectivity index (χ0n) is 20.8. The van der Waals surface area contributed by atoms with Crippen molar-refractivity contribution in [3.05, 3.63) is 101 Å². The summed E-state index contributed by atoms with van der Waals surface area (Å²) in [5.74, 6) is 6.83. The average Bonchev–Trinajstić information content (AvgIpc) is 2.89. The van der Waals surface area contributed by atoms with E-state index in [1.54, 1.807) is 38.1 Å². The van der Waals surface area contributed by atoms with E-state index in [0.717, 1.165) is 29.8 Å². The van der Waals surface area contributed by atoms with Crippen LogP contribution < -0.4 is 10.2 Å². The molecule has 0 bridgehead atoms. The SMILES string of the molecule is CCN(Cc1ccccc1)c1nc(CNC(=O)c2cccc(C#CC(C)(C)O)c2)nc2ccccc12. The van der Waals surface area contributed by atoms with Crippen LogP contribution in [-0.2, 0) is 13.1 Å². The summed E-state index contributed by atoms with van der Waals surface area (Å²) in [4.78, 5) is 24.6. The molecule has 0 unspecified atom stereocenters. The van der Waals surface area contributed by atoms with E-state index in [-0.39, 0.29) is 12.5 Å². The minimum atomic E-state index is -1.10. The Hall–Kier alpha value is -4.21. The van der Waals surface area contributed by atoms with Gasteiger partial charge in [-0.2, -0.15) is 0 Å². The molecule has 1 amide bonds. The monoisotopic (exact) mass is 478 g/mol. The number of hydrogen-bond acceptors (Lipinski definition) is 5. The molecule has 0 saturated heterocycles. The summed E-state index contributed by atoms with van der Waals surface area (Å²) in [6.45, 7) is 7.04. The van der Waals surface area contributed by atoms with E-state index in [2.05, 4.69) is 41.1 Å². The summed E-state index contributed by atoms with van der Waals surface area (Å²) >= 11 is 0. The van der Waals surface area contributed by atoms with Crippen molar-refractivity contribution in [2.45, 2.75) is 39.5 Å². The Morgan fingerprint density at radius 1 is 1.00 bits per heavy atom. The van der Waals surface area contributed by atoms with Crippen molar-refractivity contribution in [2.75, 3.05) is 11.4 Å². The molecule has 0 radical (unpaired) electrons. The molecule has 1 aromatic heterocycles. The lowest BCUT2D eigenvalue weighted by Gasteiger charge is -2.24. The van der Waals surface area contributed by atoms with Crippen molar-refractivity contribution in [1.29, 1.82) is 0 Å². The lowest BCUT2D eigenvalue weighted by atomic mass is 10.1. The van der Waals surface area contributed by atoms with Crippen molar-refractivity contribution < 1.29 is 9.90 Å². The molecular weight excluding hydrogens is 448 g/mol. The Morgan fingerprint density at radius 3 is 2.50 bits per heavy atom. The third kappa shape index (κ3) is 6.47. The number of nitrogens with one attached hydrogen (secondary N) is 1. The Labute approximate surface area is 212 Å². The molecule has 182 valence electrons. The lowest BCUT2D eigenvalue weighted by molar-refractivity contribution is 0.0950. The first-order chi connectivity index (χ1) is 17.3. The largest absolute Gasteiger partial charge is 0.378 e. The molecule has 0 aliphatic carbocycles. The highest BCUT2D eigenvalue weighted by Crippen LogP contribution is 2.25. The van der Waals surface area contributed by atoms with E-state index in [1.165, 1.54) is 5.56 Å². The maximum atomic E-state index is 12.9. The number of rotatable bonds is 7. The molecule has 0 aliphatic rings. The van der Waals surface area contributed by atoms with Crippen LogP contribution in [0.15, 0.2) is 78.9 Å². The number of aromatic nitrogens is 2. The summed E-state index contributed by atoms with van der Waals surface area (Å²) in [7, 11) is 0. The van der Waals surface area contributed by atoms with Gasteiger partial charge in [0.05, 0.1) is 12.1 Å². The zero-order chi connectivity index (χ0) is 25.5. The van der Waals surface area contributed by atoms with E-state index < -0.39 is 5.60 Å². The molecule has 6 nitrogen and oxygen atoms in total. The maximum Gasteiger partial charge on any atom is 0.251 e. The van der Waals surface area contributed by atoms with E-state index in [9.17, 15) is 9.90 Å². The van der Waals surface area contributed by atoms with Crippen LogP contribution in [0.4, 0.5) is 5.82 Å². The fraction of sp³-hybridized carbons (Fsp3) is 0.233. The number of carbonyl (C=O) groups is 1. The first kappa shape index (κ1) is 24.9. The highest BCUT2D eigenvalue weighted by molar-refractivity contribution is 5.94. The summed E-state index contributed by atoms with van der Waals surface area (Å²) < 4.78 is 0. The van der Waals surface area contributed by atoms with Crippen molar-refractivity contribution in [3.63, 3.8) is 0 Å². The number of aliphatic hydroxyl groups is 1. The van der Waals surface area contributed by atoms with Crippen LogP contribution in [0.25, 0.3) is 10.9 Å². The number of anilines is 1. The highest BCUT2D eigenvalue weighted by atomic mass is 16.3. The van der Waals surface area contributed by atoms with Crippen LogP contribution in [0, 0.1) is 11.8 Å².